The van der Waals surface area contributed by atoms with E-state index in [0.29, 0.717) is 23.6 Å². The van der Waals surface area contributed by atoms with Gasteiger partial charge in [-0.1, -0.05) is 60.3 Å². The van der Waals surface area contributed by atoms with E-state index in [2.05, 4.69) is 44.3 Å². The number of amides is 2. The molecule has 1 aliphatic heterocycles. The third-order valence-electron chi connectivity index (χ3n) is 6.66. The molecule has 0 fully saturated rings. The van der Waals surface area contributed by atoms with Crippen LogP contribution in [0.1, 0.15) is 40.9 Å². The number of nitrogens with zero attached hydrogens (tertiary/aromatic N) is 1. The normalized spacial score (nSPS) is 14.3. The Labute approximate surface area is 218 Å². The Morgan fingerprint density at radius 1 is 0.972 bits per heavy atom. The second-order valence-electron chi connectivity index (χ2n) is 8.98. The zero-order valence-electron chi connectivity index (χ0n) is 21.2. The van der Waals surface area contributed by atoms with Crippen molar-refractivity contribution in [2.24, 2.45) is 0 Å². The summed E-state index contributed by atoms with van der Waals surface area (Å²) in [5, 5.41) is 3.01. The lowest BCUT2D eigenvalue weighted by Crippen LogP contribution is -3.12. The van der Waals surface area contributed by atoms with Crippen LogP contribution in [0.4, 0.5) is 5.69 Å². The monoisotopic (exact) mass is 500 g/mol. The third kappa shape index (κ3) is 6.07. The Hall–Kier alpha value is -3.35. The second-order valence-corrected chi connectivity index (χ2v) is 10.1. The number of likely N-dealkylation sites (N-methyl/N-ethyl adjacent to an activating group) is 1. The number of fused-ring (bicyclic) bond motifs is 1. The number of carbonyl (C=O) groups is 2. The lowest BCUT2D eigenvalue weighted by atomic mass is 10.1. The van der Waals surface area contributed by atoms with Gasteiger partial charge >= 0.3 is 0 Å². The SMILES string of the molecule is CC[NH+](CC)CCNC(=O)c1ccc(C=C2Sc3ccccc3N(Cc3ccccc3C)C2=O)cc1. The molecule has 36 heavy (non-hydrogen) atoms. The lowest BCUT2D eigenvalue weighted by molar-refractivity contribution is -0.895. The molecule has 3 aromatic carbocycles. The van der Waals surface area contributed by atoms with Gasteiger partial charge in [0, 0.05) is 10.5 Å². The minimum absolute atomic E-state index is 0.0114. The number of rotatable bonds is 9. The van der Waals surface area contributed by atoms with Gasteiger partial charge in [0.1, 0.15) is 0 Å². The Bertz CT molecular complexity index is 1250. The Kier molecular flexibility index (Phi) is 8.62. The molecule has 0 radical (unpaired) electrons. The van der Waals surface area contributed by atoms with Crippen LogP contribution in [0.2, 0.25) is 0 Å². The molecule has 0 aromatic heterocycles. The van der Waals surface area contributed by atoms with Crippen molar-refractivity contribution in [2.45, 2.75) is 32.2 Å². The summed E-state index contributed by atoms with van der Waals surface area (Å²) < 4.78 is 0. The molecule has 3 aromatic rings. The highest BCUT2D eigenvalue weighted by Gasteiger charge is 2.29. The molecule has 2 amide bonds. The zero-order valence-corrected chi connectivity index (χ0v) is 22.0. The fraction of sp³-hybridized carbons (Fsp3) is 0.267. The fourth-order valence-electron chi connectivity index (χ4n) is 4.32. The number of thioether (sulfide) groups is 1. The molecular weight excluding hydrogens is 466 g/mol. The predicted octanol–water partition coefficient (Wildman–Crippen LogP) is 4.33. The van der Waals surface area contributed by atoms with Crippen LogP contribution in [0.15, 0.2) is 82.6 Å². The van der Waals surface area contributed by atoms with Gasteiger partial charge in [-0.15, -0.1) is 0 Å². The molecular formula is C30H34N3O2S+. The van der Waals surface area contributed by atoms with E-state index in [1.54, 1.807) is 0 Å². The Morgan fingerprint density at radius 2 is 1.67 bits per heavy atom. The molecule has 1 aliphatic rings. The van der Waals surface area contributed by atoms with Crippen molar-refractivity contribution >= 4 is 35.3 Å². The summed E-state index contributed by atoms with van der Waals surface area (Å²) in [6, 6.07) is 23.6. The molecule has 186 valence electrons. The van der Waals surface area contributed by atoms with Gasteiger partial charge in [-0.05, 0) is 67.8 Å². The number of hydrogen-bond donors (Lipinski definition) is 2. The van der Waals surface area contributed by atoms with Crippen molar-refractivity contribution in [1.29, 1.82) is 0 Å². The number of anilines is 1. The van der Waals surface area contributed by atoms with E-state index in [-0.39, 0.29) is 11.8 Å². The number of aryl methyl sites for hydroxylation is 1. The molecule has 0 bridgehead atoms. The van der Waals surface area contributed by atoms with Crippen LogP contribution in [-0.2, 0) is 11.3 Å². The summed E-state index contributed by atoms with van der Waals surface area (Å²) in [6.07, 6.45) is 1.92. The first-order valence-corrected chi connectivity index (χ1v) is 13.4. The topological polar surface area (TPSA) is 53.9 Å². The number of benzene rings is 3. The van der Waals surface area contributed by atoms with Gasteiger partial charge in [0.15, 0.2) is 0 Å². The van der Waals surface area contributed by atoms with Gasteiger partial charge < -0.3 is 15.1 Å². The highest BCUT2D eigenvalue weighted by molar-refractivity contribution is 8.04. The maximum Gasteiger partial charge on any atom is 0.265 e. The van der Waals surface area contributed by atoms with E-state index >= 15 is 0 Å². The highest BCUT2D eigenvalue weighted by Crippen LogP contribution is 2.42. The van der Waals surface area contributed by atoms with Crippen molar-refractivity contribution in [3.8, 4) is 0 Å². The van der Waals surface area contributed by atoms with Crippen molar-refractivity contribution in [2.75, 3.05) is 31.1 Å². The Balaban J connectivity index is 1.50. The van der Waals surface area contributed by atoms with Crippen LogP contribution in [0.5, 0.6) is 0 Å². The minimum atomic E-state index is -0.0674. The average molecular weight is 501 g/mol. The van der Waals surface area contributed by atoms with Crippen molar-refractivity contribution in [3.63, 3.8) is 0 Å². The molecule has 2 N–H and O–H groups in total. The van der Waals surface area contributed by atoms with Crippen LogP contribution in [0.3, 0.4) is 0 Å². The number of carbonyl (C=O) groups excluding carboxylic acids is 2. The fourth-order valence-corrected chi connectivity index (χ4v) is 5.38. The maximum absolute atomic E-state index is 13.6. The molecule has 0 aliphatic carbocycles. The van der Waals surface area contributed by atoms with Crippen LogP contribution in [-0.4, -0.2) is 38.0 Å². The molecule has 0 spiro atoms. The number of hydrogen-bond acceptors (Lipinski definition) is 3. The van der Waals surface area contributed by atoms with E-state index in [0.717, 1.165) is 41.3 Å². The van der Waals surface area contributed by atoms with Crippen LogP contribution >= 0.6 is 11.8 Å². The summed E-state index contributed by atoms with van der Waals surface area (Å²) >= 11 is 1.50. The lowest BCUT2D eigenvalue weighted by Gasteiger charge is -2.31. The largest absolute Gasteiger partial charge is 0.346 e. The van der Waals surface area contributed by atoms with E-state index in [9.17, 15) is 9.59 Å². The maximum atomic E-state index is 13.6. The Morgan fingerprint density at radius 3 is 2.39 bits per heavy atom. The van der Waals surface area contributed by atoms with Crippen LogP contribution in [0, 0.1) is 6.92 Å². The van der Waals surface area contributed by atoms with Crippen LogP contribution in [0.25, 0.3) is 6.08 Å². The van der Waals surface area contributed by atoms with Crippen LogP contribution < -0.4 is 15.1 Å². The second kappa shape index (κ2) is 12.1. The molecule has 0 saturated heterocycles. The van der Waals surface area contributed by atoms with Gasteiger partial charge in [-0.3, -0.25) is 9.59 Å². The van der Waals surface area contributed by atoms with Gasteiger partial charge in [-0.25, -0.2) is 0 Å². The average Bonchev–Trinajstić information content (AvgIpc) is 2.90. The first-order valence-electron chi connectivity index (χ1n) is 12.6. The summed E-state index contributed by atoms with van der Waals surface area (Å²) in [5.74, 6) is -0.0788. The first-order chi connectivity index (χ1) is 17.5. The van der Waals surface area contributed by atoms with E-state index in [1.165, 1.54) is 22.2 Å². The third-order valence-corrected chi connectivity index (χ3v) is 7.73. The number of quaternary nitrogens is 1. The molecule has 0 unspecified atom stereocenters. The van der Waals surface area contributed by atoms with Crippen molar-refractivity contribution in [3.05, 3.63) is 100.0 Å². The number of para-hydroxylation sites is 1. The van der Waals surface area contributed by atoms with Gasteiger partial charge in [0.2, 0.25) is 0 Å². The summed E-state index contributed by atoms with van der Waals surface area (Å²) in [4.78, 5) is 31.2. The smallest absolute Gasteiger partial charge is 0.265 e. The van der Waals surface area contributed by atoms with Gasteiger partial charge in [-0.2, -0.15) is 0 Å². The van der Waals surface area contributed by atoms with Gasteiger partial charge in [0.25, 0.3) is 11.8 Å². The van der Waals surface area contributed by atoms with Crippen molar-refractivity contribution in [1.82, 2.24) is 5.32 Å². The summed E-state index contributed by atoms with van der Waals surface area (Å²) in [7, 11) is 0. The predicted molar refractivity (Wildman–Crippen MR) is 148 cm³/mol. The standard InChI is InChI=1S/C30H33N3O2S/c1-4-32(5-2)19-18-31-29(34)24-16-14-23(15-17-24)20-28-30(35)33(21-25-11-7-6-10-22(25)3)26-12-8-9-13-27(26)36-28/h6-17,20H,4-5,18-19,21H2,1-3H3,(H,31,34)/p+1. The van der Waals surface area contributed by atoms with Gasteiger partial charge in [0.05, 0.1) is 43.3 Å². The minimum Gasteiger partial charge on any atom is -0.346 e. The molecule has 0 saturated carbocycles. The number of nitrogens with one attached hydrogen (secondary N) is 2. The first kappa shape index (κ1) is 25.7. The molecule has 0 atom stereocenters. The van der Waals surface area contributed by atoms with E-state index in [1.807, 2.05) is 65.6 Å². The molecule has 1 heterocycles. The summed E-state index contributed by atoms with van der Waals surface area (Å²) in [6.45, 7) is 10.6. The quantitative estimate of drug-likeness (QED) is 0.430. The molecule has 5 nitrogen and oxygen atoms in total. The van der Waals surface area contributed by atoms with E-state index < -0.39 is 0 Å². The summed E-state index contributed by atoms with van der Waals surface area (Å²) in [5.41, 5.74) is 4.75. The molecule has 4 rings (SSSR count). The van der Waals surface area contributed by atoms with E-state index in [4.69, 9.17) is 0 Å². The molecule has 6 heteroatoms. The highest BCUT2D eigenvalue weighted by atomic mass is 32.2. The van der Waals surface area contributed by atoms with Crippen molar-refractivity contribution < 1.29 is 14.5 Å². The zero-order chi connectivity index (χ0) is 25.5.